The van der Waals surface area contributed by atoms with Gasteiger partial charge in [0.1, 0.15) is 5.75 Å². The zero-order chi connectivity index (χ0) is 15.9. The monoisotopic (exact) mass is 362 g/mol. The number of amides is 1. The fraction of sp³-hybridized carbons (Fsp3) is 0.235. The highest BCUT2D eigenvalue weighted by molar-refractivity contribution is 9.10. The summed E-state index contributed by atoms with van der Waals surface area (Å²) < 4.78 is 6.45. The Hall–Kier alpha value is -2.01. The molecule has 0 spiro atoms. The van der Waals surface area contributed by atoms with Crippen LogP contribution in [0.2, 0.25) is 0 Å². The lowest BCUT2D eigenvalue weighted by atomic mass is 10.2. The molecule has 0 saturated heterocycles. The van der Waals surface area contributed by atoms with E-state index < -0.39 is 0 Å². The van der Waals surface area contributed by atoms with Gasteiger partial charge < -0.3 is 15.8 Å². The number of hydrogen-bond donors (Lipinski definition) is 2. The van der Waals surface area contributed by atoms with E-state index in [-0.39, 0.29) is 5.91 Å². The number of hydrogen-bond acceptors (Lipinski definition) is 3. The molecule has 0 saturated carbocycles. The van der Waals surface area contributed by atoms with Crippen LogP contribution >= 0.6 is 15.9 Å². The van der Waals surface area contributed by atoms with E-state index in [1.165, 1.54) is 0 Å². The lowest BCUT2D eigenvalue weighted by Gasteiger charge is -2.09. The van der Waals surface area contributed by atoms with E-state index >= 15 is 0 Å². The quantitative estimate of drug-likeness (QED) is 0.588. The van der Waals surface area contributed by atoms with Crippen molar-refractivity contribution in [2.24, 2.45) is 0 Å². The number of carbonyl (C=O) groups excluding carboxylic acids is 1. The van der Waals surface area contributed by atoms with Crippen LogP contribution in [0.3, 0.4) is 0 Å². The van der Waals surface area contributed by atoms with Gasteiger partial charge >= 0.3 is 0 Å². The number of halogens is 1. The molecular weight excluding hydrogens is 344 g/mol. The highest BCUT2D eigenvalue weighted by atomic mass is 79.9. The van der Waals surface area contributed by atoms with E-state index in [0.29, 0.717) is 23.5 Å². The molecule has 2 rings (SSSR count). The minimum absolute atomic E-state index is 0.200. The van der Waals surface area contributed by atoms with Crippen LogP contribution in [0.15, 0.2) is 46.9 Å². The predicted molar refractivity (Wildman–Crippen MR) is 93.4 cm³/mol. The minimum atomic E-state index is -0.200. The SMILES string of the molecule is CCCCOc1ccc(C(=O)Nc2ccc(Br)cc2N)cc1. The third-order valence-electron chi connectivity index (χ3n) is 3.14. The van der Waals surface area contributed by atoms with Crippen molar-refractivity contribution < 1.29 is 9.53 Å². The first-order chi connectivity index (χ1) is 10.6. The van der Waals surface area contributed by atoms with Gasteiger partial charge in [0.05, 0.1) is 18.0 Å². The molecule has 0 fully saturated rings. The Kier molecular flexibility index (Phi) is 5.83. The molecule has 0 heterocycles. The van der Waals surface area contributed by atoms with Crippen LogP contribution in [0.1, 0.15) is 30.1 Å². The van der Waals surface area contributed by atoms with Gasteiger partial charge in [-0.3, -0.25) is 4.79 Å². The first-order valence-electron chi connectivity index (χ1n) is 7.19. The van der Waals surface area contributed by atoms with Crippen LogP contribution in [-0.4, -0.2) is 12.5 Å². The largest absolute Gasteiger partial charge is 0.494 e. The van der Waals surface area contributed by atoms with Crippen molar-refractivity contribution in [2.45, 2.75) is 19.8 Å². The maximum atomic E-state index is 12.2. The van der Waals surface area contributed by atoms with Crippen LogP contribution in [0, 0.1) is 0 Å². The van der Waals surface area contributed by atoms with E-state index in [0.717, 1.165) is 23.1 Å². The van der Waals surface area contributed by atoms with Gasteiger partial charge in [-0.25, -0.2) is 0 Å². The molecule has 2 aromatic rings. The molecule has 0 aliphatic rings. The smallest absolute Gasteiger partial charge is 0.255 e. The van der Waals surface area contributed by atoms with Crippen molar-refractivity contribution in [3.63, 3.8) is 0 Å². The summed E-state index contributed by atoms with van der Waals surface area (Å²) in [6.45, 7) is 2.81. The number of benzene rings is 2. The van der Waals surface area contributed by atoms with Crippen molar-refractivity contribution in [3.05, 3.63) is 52.5 Å². The molecule has 0 unspecified atom stereocenters. The van der Waals surface area contributed by atoms with E-state index in [4.69, 9.17) is 10.5 Å². The van der Waals surface area contributed by atoms with Gasteiger partial charge in [-0.05, 0) is 48.9 Å². The van der Waals surface area contributed by atoms with Gasteiger partial charge in [0, 0.05) is 10.0 Å². The number of anilines is 2. The van der Waals surface area contributed by atoms with Crippen molar-refractivity contribution in [1.82, 2.24) is 0 Å². The lowest BCUT2D eigenvalue weighted by Crippen LogP contribution is -2.13. The van der Waals surface area contributed by atoms with Crippen molar-refractivity contribution >= 4 is 33.2 Å². The number of nitrogens with one attached hydrogen (secondary N) is 1. The number of nitrogen functional groups attached to an aromatic ring is 1. The Morgan fingerprint density at radius 1 is 1.23 bits per heavy atom. The number of nitrogens with two attached hydrogens (primary N) is 1. The Morgan fingerprint density at radius 3 is 2.59 bits per heavy atom. The topological polar surface area (TPSA) is 64.3 Å². The molecule has 0 radical (unpaired) electrons. The van der Waals surface area contributed by atoms with Crippen LogP contribution in [0.5, 0.6) is 5.75 Å². The van der Waals surface area contributed by atoms with Gasteiger partial charge in [0.15, 0.2) is 0 Å². The van der Waals surface area contributed by atoms with Crippen LogP contribution in [-0.2, 0) is 0 Å². The second-order valence-electron chi connectivity index (χ2n) is 4.91. The average molecular weight is 363 g/mol. The first-order valence-corrected chi connectivity index (χ1v) is 7.98. The average Bonchev–Trinajstić information content (AvgIpc) is 2.51. The molecule has 0 atom stereocenters. The Morgan fingerprint density at radius 2 is 1.95 bits per heavy atom. The first kappa shape index (κ1) is 16.4. The maximum Gasteiger partial charge on any atom is 0.255 e. The number of carbonyl (C=O) groups is 1. The Labute approximate surface area is 138 Å². The molecule has 2 aromatic carbocycles. The molecule has 0 aliphatic heterocycles. The summed E-state index contributed by atoms with van der Waals surface area (Å²) >= 11 is 3.33. The van der Waals surface area contributed by atoms with Crippen molar-refractivity contribution in [1.29, 1.82) is 0 Å². The second kappa shape index (κ2) is 7.84. The van der Waals surface area contributed by atoms with Crippen molar-refractivity contribution in [2.75, 3.05) is 17.7 Å². The molecule has 4 nitrogen and oxygen atoms in total. The minimum Gasteiger partial charge on any atom is -0.494 e. The summed E-state index contributed by atoms with van der Waals surface area (Å²) in [5.74, 6) is 0.572. The maximum absolute atomic E-state index is 12.2. The van der Waals surface area contributed by atoms with E-state index in [1.807, 2.05) is 6.07 Å². The van der Waals surface area contributed by atoms with Gasteiger partial charge in [-0.15, -0.1) is 0 Å². The summed E-state index contributed by atoms with van der Waals surface area (Å²) in [5, 5.41) is 2.80. The van der Waals surface area contributed by atoms with Crippen LogP contribution < -0.4 is 15.8 Å². The molecule has 22 heavy (non-hydrogen) atoms. The van der Waals surface area contributed by atoms with Gasteiger partial charge in [-0.1, -0.05) is 29.3 Å². The predicted octanol–water partition coefficient (Wildman–Crippen LogP) is 4.46. The van der Waals surface area contributed by atoms with Crippen molar-refractivity contribution in [3.8, 4) is 5.75 Å². The molecule has 0 bridgehead atoms. The third kappa shape index (κ3) is 4.49. The Bertz CT molecular complexity index is 642. The number of ether oxygens (including phenoxy) is 1. The highest BCUT2D eigenvalue weighted by Gasteiger charge is 2.08. The molecule has 0 aliphatic carbocycles. The van der Waals surface area contributed by atoms with Crippen LogP contribution in [0.25, 0.3) is 0 Å². The molecule has 3 N–H and O–H groups in total. The summed E-state index contributed by atoms with van der Waals surface area (Å²) in [4.78, 5) is 12.2. The second-order valence-corrected chi connectivity index (χ2v) is 5.83. The third-order valence-corrected chi connectivity index (χ3v) is 3.64. The van der Waals surface area contributed by atoms with E-state index in [1.54, 1.807) is 36.4 Å². The summed E-state index contributed by atoms with van der Waals surface area (Å²) in [6, 6.07) is 12.4. The normalized spacial score (nSPS) is 10.3. The lowest BCUT2D eigenvalue weighted by molar-refractivity contribution is 0.102. The fourth-order valence-electron chi connectivity index (χ4n) is 1.88. The van der Waals surface area contributed by atoms with E-state index in [9.17, 15) is 4.79 Å². The zero-order valence-corrected chi connectivity index (χ0v) is 14.0. The summed E-state index contributed by atoms with van der Waals surface area (Å²) in [7, 11) is 0. The van der Waals surface area contributed by atoms with Crippen LogP contribution in [0.4, 0.5) is 11.4 Å². The number of unbranched alkanes of at least 4 members (excludes halogenated alkanes) is 1. The highest BCUT2D eigenvalue weighted by Crippen LogP contribution is 2.23. The zero-order valence-electron chi connectivity index (χ0n) is 12.4. The molecular formula is C17H19BrN2O2. The fourth-order valence-corrected chi connectivity index (χ4v) is 2.26. The summed E-state index contributed by atoms with van der Waals surface area (Å²) in [6.07, 6.45) is 2.11. The molecule has 1 amide bonds. The molecule has 5 heteroatoms. The van der Waals surface area contributed by atoms with Gasteiger partial charge in [0.2, 0.25) is 0 Å². The number of rotatable bonds is 6. The Balaban J connectivity index is 2.00. The van der Waals surface area contributed by atoms with E-state index in [2.05, 4.69) is 28.2 Å². The molecule has 0 aromatic heterocycles. The molecule has 116 valence electrons. The van der Waals surface area contributed by atoms with Gasteiger partial charge in [-0.2, -0.15) is 0 Å². The summed E-state index contributed by atoms with van der Waals surface area (Å²) in [5.41, 5.74) is 7.55. The van der Waals surface area contributed by atoms with Gasteiger partial charge in [0.25, 0.3) is 5.91 Å². The standard InChI is InChI=1S/C17H19BrN2O2/c1-2-3-10-22-14-7-4-12(5-8-14)17(21)20-16-9-6-13(18)11-15(16)19/h4-9,11H,2-3,10,19H2,1H3,(H,20,21).